The van der Waals surface area contributed by atoms with Crippen molar-refractivity contribution in [1.29, 1.82) is 0 Å². The Morgan fingerprint density at radius 3 is 2.76 bits per heavy atom. The molecular weight excluding hydrogens is 212 g/mol. The predicted octanol–water partition coefficient (Wildman–Crippen LogP) is 2.08. The van der Waals surface area contributed by atoms with Crippen molar-refractivity contribution >= 4 is 0 Å². The summed E-state index contributed by atoms with van der Waals surface area (Å²) < 4.78 is 5.19. The fourth-order valence-corrected chi connectivity index (χ4v) is 1.93. The van der Waals surface area contributed by atoms with Gasteiger partial charge in [0.25, 0.3) is 0 Å². The smallest absolute Gasteiger partial charge is 0.119 e. The van der Waals surface area contributed by atoms with Gasteiger partial charge in [-0.3, -0.25) is 0 Å². The first-order valence-electron chi connectivity index (χ1n) is 6.35. The van der Waals surface area contributed by atoms with E-state index in [0.29, 0.717) is 0 Å². The van der Waals surface area contributed by atoms with Crippen LogP contribution in [0.5, 0.6) is 5.75 Å². The van der Waals surface area contributed by atoms with Crippen LogP contribution in [0, 0.1) is 0 Å². The zero-order valence-electron chi connectivity index (χ0n) is 10.7. The molecule has 0 saturated carbocycles. The summed E-state index contributed by atoms with van der Waals surface area (Å²) in [6, 6.07) is 8.35. The van der Waals surface area contributed by atoms with Gasteiger partial charge in [0.15, 0.2) is 0 Å². The van der Waals surface area contributed by atoms with Crippen molar-refractivity contribution in [3.05, 3.63) is 29.8 Å². The number of unbranched alkanes of at least 4 members (excludes halogenated alkanes) is 2. The number of hydrogen-bond donors (Lipinski definition) is 2. The molecule has 3 nitrogen and oxygen atoms in total. The van der Waals surface area contributed by atoms with Crippen LogP contribution >= 0.6 is 0 Å². The van der Waals surface area contributed by atoms with E-state index in [1.54, 1.807) is 7.11 Å². The van der Waals surface area contributed by atoms with Crippen molar-refractivity contribution < 1.29 is 4.74 Å². The van der Waals surface area contributed by atoms with E-state index < -0.39 is 0 Å². The third kappa shape index (κ3) is 5.71. The van der Waals surface area contributed by atoms with E-state index >= 15 is 0 Å². The number of hydrogen-bond acceptors (Lipinski definition) is 3. The highest BCUT2D eigenvalue weighted by molar-refractivity contribution is 5.28. The third-order valence-electron chi connectivity index (χ3n) is 2.91. The van der Waals surface area contributed by atoms with E-state index in [-0.39, 0.29) is 6.04 Å². The molecule has 0 spiro atoms. The fraction of sp³-hybridized carbons (Fsp3) is 0.571. The molecule has 0 amide bonds. The van der Waals surface area contributed by atoms with Gasteiger partial charge in [0.1, 0.15) is 5.75 Å². The first-order chi connectivity index (χ1) is 8.26. The molecule has 0 aliphatic carbocycles. The molecule has 1 atom stereocenters. The van der Waals surface area contributed by atoms with Gasteiger partial charge in [0, 0.05) is 6.04 Å². The Morgan fingerprint density at radius 2 is 2.06 bits per heavy atom. The lowest BCUT2D eigenvalue weighted by Crippen LogP contribution is -2.22. The standard InChI is InChI=1S/C14H24N2O/c1-17-14-8-5-6-12(11-14)10-13(16)7-3-2-4-9-15/h5-6,8,11,13H,2-4,7,9-10,15-16H2,1H3. The van der Waals surface area contributed by atoms with Crippen molar-refractivity contribution in [2.75, 3.05) is 13.7 Å². The summed E-state index contributed by atoms with van der Waals surface area (Å²) in [4.78, 5) is 0. The van der Waals surface area contributed by atoms with Crippen LogP contribution in [0.25, 0.3) is 0 Å². The van der Waals surface area contributed by atoms with Gasteiger partial charge in [-0.05, 0) is 43.5 Å². The highest BCUT2D eigenvalue weighted by atomic mass is 16.5. The van der Waals surface area contributed by atoms with Gasteiger partial charge in [0.05, 0.1) is 7.11 Å². The topological polar surface area (TPSA) is 61.3 Å². The van der Waals surface area contributed by atoms with Crippen molar-refractivity contribution in [2.24, 2.45) is 11.5 Å². The molecule has 0 aliphatic rings. The van der Waals surface area contributed by atoms with Gasteiger partial charge < -0.3 is 16.2 Å². The number of ether oxygens (including phenoxy) is 1. The van der Waals surface area contributed by atoms with E-state index in [2.05, 4.69) is 12.1 Å². The minimum absolute atomic E-state index is 0.236. The zero-order chi connectivity index (χ0) is 12.5. The summed E-state index contributed by atoms with van der Waals surface area (Å²) in [5.74, 6) is 0.901. The van der Waals surface area contributed by atoms with Gasteiger partial charge in [0.2, 0.25) is 0 Å². The molecule has 17 heavy (non-hydrogen) atoms. The number of nitrogens with two attached hydrogens (primary N) is 2. The Balaban J connectivity index is 2.31. The monoisotopic (exact) mass is 236 g/mol. The van der Waals surface area contributed by atoms with Crippen LogP contribution in [0.15, 0.2) is 24.3 Å². The first kappa shape index (κ1) is 14.0. The largest absolute Gasteiger partial charge is 0.497 e. The summed E-state index contributed by atoms with van der Waals surface area (Å²) in [5, 5.41) is 0. The normalized spacial score (nSPS) is 12.4. The van der Waals surface area contributed by atoms with E-state index in [4.69, 9.17) is 16.2 Å². The molecule has 1 unspecified atom stereocenters. The minimum Gasteiger partial charge on any atom is -0.497 e. The van der Waals surface area contributed by atoms with Crippen molar-refractivity contribution in [1.82, 2.24) is 0 Å². The first-order valence-corrected chi connectivity index (χ1v) is 6.35. The van der Waals surface area contributed by atoms with Crippen molar-refractivity contribution in [3.63, 3.8) is 0 Å². The van der Waals surface area contributed by atoms with Gasteiger partial charge in [-0.2, -0.15) is 0 Å². The molecule has 0 aliphatic heterocycles. The average Bonchev–Trinajstić information content (AvgIpc) is 2.35. The molecule has 3 heteroatoms. The lowest BCUT2D eigenvalue weighted by atomic mass is 10.0. The number of rotatable bonds is 8. The number of methoxy groups -OCH3 is 1. The van der Waals surface area contributed by atoms with Gasteiger partial charge in [-0.15, -0.1) is 0 Å². The highest BCUT2D eigenvalue weighted by Gasteiger charge is 2.04. The van der Waals surface area contributed by atoms with E-state index in [0.717, 1.165) is 31.6 Å². The molecule has 1 aromatic rings. The maximum atomic E-state index is 6.11. The molecule has 1 rings (SSSR count). The summed E-state index contributed by atoms with van der Waals surface area (Å²) >= 11 is 0. The zero-order valence-corrected chi connectivity index (χ0v) is 10.7. The predicted molar refractivity (Wildman–Crippen MR) is 72.2 cm³/mol. The summed E-state index contributed by atoms with van der Waals surface area (Å²) in [5.41, 5.74) is 12.8. The van der Waals surface area contributed by atoms with E-state index in [1.807, 2.05) is 12.1 Å². The van der Waals surface area contributed by atoms with Crippen LogP contribution in [0.4, 0.5) is 0 Å². The second-order valence-electron chi connectivity index (χ2n) is 4.45. The van der Waals surface area contributed by atoms with Crippen LogP contribution in [0.3, 0.4) is 0 Å². The molecule has 0 fully saturated rings. The molecule has 0 saturated heterocycles. The molecule has 96 valence electrons. The Hall–Kier alpha value is -1.06. The second-order valence-corrected chi connectivity index (χ2v) is 4.45. The quantitative estimate of drug-likeness (QED) is 0.679. The van der Waals surface area contributed by atoms with Crippen LogP contribution in [-0.2, 0) is 6.42 Å². The Labute approximate surface area is 104 Å². The maximum absolute atomic E-state index is 6.11. The molecule has 1 aromatic carbocycles. The Bertz CT molecular complexity index is 315. The van der Waals surface area contributed by atoms with Crippen LogP contribution < -0.4 is 16.2 Å². The third-order valence-corrected chi connectivity index (χ3v) is 2.91. The van der Waals surface area contributed by atoms with Crippen LogP contribution in [0.2, 0.25) is 0 Å². The van der Waals surface area contributed by atoms with Crippen molar-refractivity contribution in [3.8, 4) is 5.75 Å². The SMILES string of the molecule is COc1cccc(CC(N)CCCCCN)c1. The van der Waals surface area contributed by atoms with E-state index in [1.165, 1.54) is 18.4 Å². The fourth-order valence-electron chi connectivity index (χ4n) is 1.93. The van der Waals surface area contributed by atoms with E-state index in [9.17, 15) is 0 Å². The lowest BCUT2D eigenvalue weighted by molar-refractivity contribution is 0.414. The van der Waals surface area contributed by atoms with Gasteiger partial charge in [-0.1, -0.05) is 25.0 Å². The van der Waals surface area contributed by atoms with Gasteiger partial charge in [-0.25, -0.2) is 0 Å². The molecular formula is C14H24N2O. The summed E-state index contributed by atoms with van der Waals surface area (Å²) in [6.45, 7) is 0.783. The Kier molecular flexibility index (Phi) is 6.67. The summed E-state index contributed by atoms with van der Waals surface area (Å²) in [7, 11) is 1.69. The van der Waals surface area contributed by atoms with Crippen LogP contribution in [-0.4, -0.2) is 19.7 Å². The minimum atomic E-state index is 0.236. The highest BCUT2D eigenvalue weighted by Crippen LogP contribution is 2.15. The average molecular weight is 236 g/mol. The van der Waals surface area contributed by atoms with Crippen LogP contribution in [0.1, 0.15) is 31.2 Å². The molecule has 4 N–H and O–H groups in total. The molecule has 0 heterocycles. The molecule has 0 bridgehead atoms. The molecule has 0 radical (unpaired) electrons. The maximum Gasteiger partial charge on any atom is 0.119 e. The van der Waals surface area contributed by atoms with Gasteiger partial charge >= 0.3 is 0 Å². The van der Waals surface area contributed by atoms with Crippen molar-refractivity contribution in [2.45, 2.75) is 38.1 Å². The second kappa shape index (κ2) is 8.09. The molecule has 0 aromatic heterocycles. The lowest BCUT2D eigenvalue weighted by Gasteiger charge is -2.12. The Morgan fingerprint density at radius 1 is 1.24 bits per heavy atom. The number of benzene rings is 1. The summed E-state index contributed by atoms with van der Waals surface area (Å²) in [6.07, 6.45) is 5.44.